The van der Waals surface area contributed by atoms with E-state index in [0.717, 1.165) is 21.9 Å². The number of nitrogens with two attached hydrogens (primary N) is 1. The van der Waals surface area contributed by atoms with Crippen molar-refractivity contribution in [2.24, 2.45) is 5.73 Å². The van der Waals surface area contributed by atoms with E-state index in [1.165, 1.54) is 0 Å². The fraction of sp³-hybridized carbons (Fsp3) is 0.348. The van der Waals surface area contributed by atoms with E-state index in [-0.39, 0.29) is 11.8 Å². The van der Waals surface area contributed by atoms with E-state index in [4.69, 9.17) is 15.5 Å². The molecule has 4 aromatic rings. The smallest absolute Gasteiger partial charge is 0.220 e. The predicted octanol–water partition coefficient (Wildman–Crippen LogP) is 2.15. The average molecular weight is 432 g/mol. The SMILES string of the molecule is CCC(=O)N[C@@]1(C)C(OC)[C@H](c2ccc3nnccc3c2)C1(N)c1ncc2cc[nH]c2n1. The number of nitrogens with one attached hydrogen (secondary N) is 2. The van der Waals surface area contributed by atoms with Gasteiger partial charge in [-0.05, 0) is 36.8 Å². The number of fused-ring (bicyclic) bond motifs is 2. The van der Waals surface area contributed by atoms with Gasteiger partial charge in [-0.25, -0.2) is 9.97 Å². The third kappa shape index (κ3) is 2.74. The van der Waals surface area contributed by atoms with Crippen molar-refractivity contribution in [2.75, 3.05) is 7.11 Å². The lowest BCUT2D eigenvalue weighted by Gasteiger charge is -2.64. The van der Waals surface area contributed by atoms with Crippen molar-refractivity contribution in [2.45, 2.75) is 43.4 Å². The van der Waals surface area contributed by atoms with Gasteiger partial charge in [0.15, 0.2) is 5.82 Å². The van der Waals surface area contributed by atoms with Crippen molar-refractivity contribution < 1.29 is 9.53 Å². The normalized spacial score (nSPS) is 27.4. The summed E-state index contributed by atoms with van der Waals surface area (Å²) in [5, 5.41) is 13.1. The van der Waals surface area contributed by atoms with Crippen molar-refractivity contribution in [1.29, 1.82) is 0 Å². The molecule has 0 bridgehead atoms. The third-order valence-electron chi connectivity index (χ3n) is 6.76. The van der Waals surface area contributed by atoms with Crippen LogP contribution < -0.4 is 11.1 Å². The first-order valence-electron chi connectivity index (χ1n) is 10.6. The van der Waals surface area contributed by atoms with Gasteiger partial charge in [0.25, 0.3) is 0 Å². The van der Waals surface area contributed by atoms with Crippen LogP contribution in [0.3, 0.4) is 0 Å². The van der Waals surface area contributed by atoms with Gasteiger partial charge in [0.2, 0.25) is 5.91 Å². The molecule has 1 fully saturated rings. The molecule has 4 N–H and O–H groups in total. The second kappa shape index (κ2) is 7.32. The van der Waals surface area contributed by atoms with Gasteiger partial charge >= 0.3 is 0 Å². The number of hydrogen-bond donors (Lipinski definition) is 3. The van der Waals surface area contributed by atoms with Gasteiger partial charge in [-0.1, -0.05) is 13.0 Å². The minimum Gasteiger partial charge on any atom is -0.378 e. The molecule has 1 aromatic carbocycles. The Morgan fingerprint density at radius 3 is 2.91 bits per heavy atom. The highest BCUT2D eigenvalue weighted by atomic mass is 16.5. The number of rotatable bonds is 5. The van der Waals surface area contributed by atoms with Crippen LogP contribution >= 0.6 is 0 Å². The number of methoxy groups -OCH3 is 1. The molecule has 0 radical (unpaired) electrons. The van der Waals surface area contributed by atoms with Crippen LogP contribution in [0, 0.1) is 0 Å². The lowest BCUT2D eigenvalue weighted by molar-refractivity contribution is -0.154. The second-order valence-electron chi connectivity index (χ2n) is 8.43. The van der Waals surface area contributed by atoms with E-state index in [1.807, 2.05) is 43.5 Å². The molecule has 0 spiro atoms. The fourth-order valence-corrected chi connectivity index (χ4v) is 5.01. The summed E-state index contributed by atoms with van der Waals surface area (Å²) in [6.07, 6.45) is 5.16. The maximum Gasteiger partial charge on any atom is 0.220 e. The number of H-pyrrole nitrogens is 1. The standard InChI is InChI=1S/C23H25N7O2/c1-4-17(31)29-22(2)19(32-3)18(14-5-6-16-13(11-14)8-10-27-30-16)23(22,24)21-26-12-15-7-9-25-20(15)28-21/h5-12,18-19H,4,24H2,1-3H3,(H,29,31)(H,25,26,28)/t18-,19?,22-,23?/m0/s1. The lowest BCUT2D eigenvalue weighted by atomic mass is 9.49. The Morgan fingerprint density at radius 1 is 1.28 bits per heavy atom. The highest BCUT2D eigenvalue weighted by molar-refractivity contribution is 5.80. The zero-order chi connectivity index (χ0) is 22.5. The van der Waals surface area contributed by atoms with Gasteiger partial charge in [-0.15, -0.1) is 0 Å². The minimum absolute atomic E-state index is 0.113. The Labute approximate surface area is 184 Å². The summed E-state index contributed by atoms with van der Waals surface area (Å²) in [4.78, 5) is 25.0. The topological polar surface area (TPSA) is 132 Å². The minimum atomic E-state index is -1.12. The fourth-order valence-electron chi connectivity index (χ4n) is 5.01. The lowest BCUT2D eigenvalue weighted by Crippen LogP contribution is -2.84. The highest BCUT2D eigenvalue weighted by Crippen LogP contribution is 2.58. The number of aromatic amines is 1. The molecule has 32 heavy (non-hydrogen) atoms. The molecular formula is C23H25N7O2. The predicted molar refractivity (Wildman–Crippen MR) is 120 cm³/mol. The molecule has 1 saturated carbocycles. The monoisotopic (exact) mass is 431 g/mol. The Hall–Kier alpha value is -3.43. The molecule has 3 heterocycles. The summed E-state index contributed by atoms with van der Waals surface area (Å²) in [6.45, 7) is 3.71. The molecule has 9 nitrogen and oxygen atoms in total. The molecule has 1 aliphatic rings. The molecule has 9 heteroatoms. The maximum absolute atomic E-state index is 12.5. The van der Waals surface area contributed by atoms with Crippen LogP contribution in [0.1, 0.15) is 37.6 Å². The highest BCUT2D eigenvalue weighted by Gasteiger charge is 2.72. The number of ether oxygens (including phenoxy) is 1. The summed E-state index contributed by atoms with van der Waals surface area (Å²) >= 11 is 0. The van der Waals surface area contributed by atoms with Gasteiger partial charge in [0, 0.05) is 42.6 Å². The summed E-state index contributed by atoms with van der Waals surface area (Å²) in [7, 11) is 1.63. The number of carbonyl (C=O) groups excluding carboxylic acids is 1. The van der Waals surface area contributed by atoms with Crippen LogP contribution in [-0.2, 0) is 15.1 Å². The van der Waals surface area contributed by atoms with Crippen molar-refractivity contribution in [1.82, 2.24) is 30.5 Å². The average Bonchev–Trinajstić information content (AvgIpc) is 3.29. The van der Waals surface area contributed by atoms with Crippen LogP contribution in [0.4, 0.5) is 0 Å². The zero-order valence-corrected chi connectivity index (χ0v) is 18.2. The quantitative estimate of drug-likeness (QED) is 0.441. The van der Waals surface area contributed by atoms with E-state index >= 15 is 0 Å². The Morgan fingerprint density at radius 2 is 2.12 bits per heavy atom. The Kier molecular flexibility index (Phi) is 4.68. The van der Waals surface area contributed by atoms with Crippen molar-refractivity contribution in [3.63, 3.8) is 0 Å². The first-order valence-corrected chi connectivity index (χ1v) is 10.6. The zero-order valence-electron chi connectivity index (χ0n) is 18.2. The van der Waals surface area contributed by atoms with Gasteiger partial charge in [0.05, 0.1) is 23.4 Å². The van der Waals surface area contributed by atoms with Gasteiger partial charge < -0.3 is 20.8 Å². The van der Waals surface area contributed by atoms with Crippen LogP contribution in [0.2, 0.25) is 0 Å². The third-order valence-corrected chi connectivity index (χ3v) is 6.76. The summed E-state index contributed by atoms with van der Waals surface area (Å²) in [5.74, 6) is 0.0230. The second-order valence-corrected chi connectivity index (χ2v) is 8.43. The van der Waals surface area contributed by atoms with E-state index in [1.54, 1.807) is 26.4 Å². The molecule has 1 aliphatic carbocycles. The molecule has 0 saturated heterocycles. The van der Waals surface area contributed by atoms with Crippen LogP contribution in [0.5, 0.6) is 0 Å². The molecular weight excluding hydrogens is 406 g/mol. The summed E-state index contributed by atoms with van der Waals surface area (Å²) in [5.41, 5.74) is 7.58. The molecule has 1 amide bonds. The van der Waals surface area contributed by atoms with E-state index in [2.05, 4.69) is 25.5 Å². The van der Waals surface area contributed by atoms with Gasteiger partial charge in [0.1, 0.15) is 11.2 Å². The maximum atomic E-state index is 12.5. The van der Waals surface area contributed by atoms with Crippen molar-refractivity contribution in [3.8, 4) is 0 Å². The molecule has 2 unspecified atom stereocenters. The van der Waals surface area contributed by atoms with Crippen LogP contribution in [0.25, 0.3) is 21.9 Å². The van der Waals surface area contributed by atoms with E-state index in [9.17, 15) is 4.79 Å². The molecule has 3 aromatic heterocycles. The first-order chi connectivity index (χ1) is 15.4. The van der Waals surface area contributed by atoms with Gasteiger partial charge in [-0.3, -0.25) is 4.79 Å². The first kappa shape index (κ1) is 20.5. The number of benzene rings is 1. The van der Waals surface area contributed by atoms with E-state index < -0.39 is 17.2 Å². The molecule has 164 valence electrons. The Bertz CT molecular complexity index is 1320. The van der Waals surface area contributed by atoms with E-state index in [0.29, 0.717) is 17.9 Å². The number of aromatic nitrogens is 5. The summed E-state index contributed by atoms with van der Waals surface area (Å²) in [6, 6.07) is 9.74. The number of nitrogens with zero attached hydrogens (tertiary/aromatic N) is 4. The molecule has 0 aliphatic heterocycles. The summed E-state index contributed by atoms with van der Waals surface area (Å²) < 4.78 is 5.93. The van der Waals surface area contributed by atoms with Crippen molar-refractivity contribution >= 4 is 27.8 Å². The molecule has 5 rings (SSSR count). The van der Waals surface area contributed by atoms with Crippen molar-refractivity contribution in [3.05, 3.63) is 60.3 Å². The van der Waals surface area contributed by atoms with Crippen LogP contribution in [-0.4, -0.2) is 49.8 Å². The Balaban J connectivity index is 1.69. The molecule has 4 atom stereocenters. The number of hydrogen-bond acceptors (Lipinski definition) is 7. The number of carbonyl (C=O) groups is 1. The number of amides is 1. The van der Waals surface area contributed by atoms with Gasteiger partial charge in [-0.2, -0.15) is 10.2 Å². The largest absolute Gasteiger partial charge is 0.378 e. The van der Waals surface area contributed by atoms with Crippen LogP contribution in [0.15, 0.2) is 48.9 Å².